The first-order chi connectivity index (χ1) is 7.23. The Labute approximate surface area is 90.1 Å². The van der Waals surface area contributed by atoms with Gasteiger partial charge in [0.05, 0.1) is 0 Å². The van der Waals surface area contributed by atoms with Crippen LogP contribution in [0.5, 0.6) is 0 Å². The number of nitrogens with zero attached hydrogens (tertiary/aromatic N) is 3. The third kappa shape index (κ3) is 1.51. The van der Waals surface area contributed by atoms with Crippen LogP contribution in [0, 0.1) is 0 Å². The topological polar surface area (TPSA) is 68.8 Å². The van der Waals surface area contributed by atoms with E-state index in [4.69, 9.17) is 5.73 Å². The van der Waals surface area contributed by atoms with Crippen LogP contribution in [-0.2, 0) is 12.5 Å². The zero-order valence-corrected chi connectivity index (χ0v) is 9.45. The van der Waals surface area contributed by atoms with Gasteiger partial charge in [-0.05, 0) is 12.8 Å². The molecule has 5 nitrogen and oxygen atoms in total. The van der Waals surface area contributed by atoms with Crippen molar-refractivity contribution in [1.82, 2.24) is 14.8 Å². The van der Waals surface area contributed by atoms with Gasteiger partial charge < -0.3 is 15.6 Å². The van der Waals surface area contributed by atoms with Crippen molar-refractivity contribution in [2.24, 2.45) is 12.8 Å². The molecule has 15 heavy (non-hydrogen) atoms. The van der Waals surface area contributed by atoms with Crippen LogP contribution in [0.15, 0.2) is 0 Å². The van der Waals surface area contributed by atoms with E-state index in [0.717, 1.165) is 24.6 Å². The molecule has 3 N–H and O–H groups in total. The fraction of sp³-hybridized carbons (Fsp3) is 0.800. The molecule has 1 aromatic rings. The van der Waals surface area contributed by atoms with Gasteiger partial charge in [0.15, 0.2) is 0 Å². The van der Waals surface area contributed by atoms with Gasteiger partial charge in [-0.3, -0.25) is 0 Å². The fourth-order valence-electron chi connectivity index (χ4n) is 2.58. The van der Waals surface area contributed by atoms with Crippen molar-refractivity contribution in [1.29, 1.82) is 0 Å². The van der Waals surface area contributed by atoms with Crippen LogP contribution in [0.4, 0.5) is 5.95 Å². The van der Waals surface area contributed by atoms with Crippen molar-refractivity contribution in [2.45, 2.75) is 31.1 Å². The Bertz CT molecular complexity index is 338. The van der Waals surface area contributed by atoms with Gasteiger partial charge in [0.25, 0.3) is 0 Å². The summed E-state index contributed by atoms with van der Waals surface area (Å²) < 4.78 is 2.03. The summed E-state index contributed by atoms with van der Waals surface area (Å²) in [7, 11) is 3.86. The molecule has 0 unspecified atom stereocenters. The molecule has 1 aromatic heterocycles. The molecule has 0 saturated heterocycles. The number of anilines is 1. The van der Waals surface area contributed by atoms with E-state index in [9.17, 15) is 0 Å². The minimum absolute atomic E-state index is 0.0663. The van der Waals surface area contributed by atoms with Gasteiger partial charge in [0.1, 0.15) is 5.82 Å². The van der Waals surface area contributed by atoms with Crippen LogP contribution in [0.2, 0.25) is 0 Å². The van der Waals surface area contributed by atoms with Crippen molar-refractivity contribution in [2.75, 3.05) is 18.9 Å². The quantitative estimate of drug-likeness (QED) is 0.766. The first-order valence-corrected chi connectivity index (χ1v) is 5.51. The second-order valence-electron chi connectivity index (χ2n) is 4.35. The summed E-state index contributed by atoms with van der Waals surface area (Å²) in [6.45, 7) is 0.669. The zero-order chi connectivity index (χ0) is 10.9. The predicted octanol–water partition coefficient (Wildman–Crippen LogP) is 0.627. The van der Waals surface area contributed by atoms with Gasteiger partial charge in [0, 0.05) is 26.1 Å². The monoisotopic (exact) mass is 209 g/mol. The van der Waals surface area contributed by atoms with Gasteiger partial charge in [-0.2, -0.15) is 0 Å². The summed E-state index contributed by atoms with van der Waals surface area (Å²) in [6, 6.07) is 0. The Morgan fingerprint density at radius 3 is 2.53 bits per heavy atom. The molecule has 0 aromatic carbocycles. The average Bonchev–Trinajstić information content (AvgIpc) is 2.85. The van der Waals surface area contributed by atoms with Gasteiger partial charge in [-0.25, -0.2) is 0 Å². The number of nitrogens with two attached hydrogens (primary N) is 1. The number of rotatable bonds is 3. The molecule has 1 aliphatic rings. The predicted molar refractivity (Wildman–Crippen MR) is 59.8 cm³/mol. The molecule has 0 aliphatic heterocycles. The molecule has 5 heteroatoms. The zero-order valence-electron chi connectivity index (χ0n) is 9.45. The number of hydrogen-bond acceptors (Lipinski definition) is 4. The van der Waals surface area contributed by atoms with Crippen LogP contribution >= 0.6 is 0 Å². The maximum absolute atomic E-state index is 5.92. The van der Waals surface area contributed by atoms with Gasteiger partial charge in [-0.1, -0.05) is 12.8 Å². The molecule has 1 fully saturated rings. The van der Waals surface area contributed by atoms with Crippen molar-refractivity contribution in [3.8, 4) is 0 Å². The highest BCUT2D eigenvalue weighted by atomic mass is 15.3. The minimum Gasteiger partial charge on any atom is -0.357 e. The molecule has 2 rings (SSSR count). The van der Waals surface area contributed by atoms with Crippen molar-refractivity contribution in [3.05, 3.63) is 5.82 Å². The SMILES string of the molecule is CNc1nnc(C2(CN)CCCC2)n1C. The summed E-state index contributed by atoms with van der Waals surface area (Å²) >= 11 is 0. The first-order valence-electron chi connectivity index (χ1n) is 5.51. The lowest BCUT2D eigenvalue weighted by atomic mass is 9.85. The molecule has 0 radical (unpaired) electrons. The second kappa shape index (κ2) is 3.81. The van der Waals surface area contributed by atoms with Crippen molar-refractivity contribution in [3.63, 3.8) is 0 Å². The Morgan fingerprint density at radius 2 is 2.07 bits per heavy atom. The molecule has 1 heterocycles. The van der Waals surface area contributed by atoms with E-state index in [1.54, 1.807) is 0 Å². The maximum atomic E-state index is 5.92. The van der Waals surface area contributed by atoms with E-state index in [1.807, 2.05) is 18.7 Å². The minimum atomic E-state index is 0.0663. The molecule has 1 saturated carbocycles. The Kier molecular flexibility index (Phi) is 2.65. The third-order valence-corrected chi connectivity index (χ3v) is 3.52. The lowest BCUT2D eigenvalue weighted by molar-refractivity contribution is 0.411. The van der Waals surface area contributed by atoms with Gasteiger partial charge in [0.2, 0.25) is 5.95 Å². The van der Waals surface area contributed by atoms with Crippen molar-refractivity contribution >= 4 is 5.95 Å². The number of aromatic nitrogens is 3. The second-order valence-corrected chi connectivity index (χ2v) is 4.35. The van der Waals surface area contributed by atoms with Gasteiger partial charge >= 0.3 is 0 Å². The van der Waals surface area contributed by atoms with Crippen LogP contribution in [0.1, 0.15) is 31.5 Å². The lowest BCUT2D eigenvalue weighted by Crippen LogP contribution is -2.35. The van der Waals surface area contributed by atoms with E-state index in [2.05, 4.69) is 15.5 Å². The van der Waals surface area contributed by atoms with Crippen LogP contribution in [-0.4, -0.2) is 28.4 Å². The van der Waals surface area contributed by atoms with Crippen LogP contribution < -0.4 is 11.1 Å². The third-order valence-electron chi connectivity index (χ3n) is 3.52. The standard InChI is InChI=1S/C10H19N5/c1-12-9-14-13-8(15(9)2)10(7-11)5-3-4-6-10/h3-7,11H2,1-2H3,(H,12,14). The highest BCUT2D eigenvalue weighted by Crippen LogP contribution is 2.39. The number of hydrogen-bond donors (Lipinski definition) is 2. The number of nitrogens with one attached hydrogen (secondary N) is 1. The summed E-state index contributed by atoms with van der Waals surface area (Å²) in [5.41, 5.74) is 5.99. The Balaban J connectivity index is 2.38. The van der Waals surface area contributed by atoms with E-state index in [0.29, 0.717) is 6.54 Å². The van der Waals surface area contributed by atoms with Crippen LogP contribution in [0.25, 0.3) is 0 Å². The molecular weight excluding hydrogens is 190 g/mol. The maximum Gasteiger partial charge on any atom is 0.224 e. The largest absolute Gasteiger partial charge is 0.357 e. The van der Waals surface area contributed by atoms with E-state index >= 15 is 0 Å². The lowest BCUT2D eigenvalue weighted by Gasteiger charge is -2.25. The summed E-state index contributed by atoms with van der Waals surface area (Å²) in [6.07, 6.45) is 4.77. The Hall–Kier alpha value is -1.10. The average molecular weight is 209 g/mol. The van der Waals surface area contributed by atoms with Gasteiger partial charge in [-0.15, -0.1) is 10.2 Å². The normalized spacial score (nSPS) is 19.4. The molecular formula is C10H19N5. The van der Waals surface area contributed by atoms with Crippen molar-refractivity contribution < 1.29 is 0 Å². The molecule has 0 spiro atoms. The molecule has 0 amide bonds. The smallest absolute Gasteiger partial charge is 0.224 e. The molecule has 1 aliphatic carbocycles. The molecule has 0 atom stereocenters. The van der Waals surface area contributed by atoms with Crippen LogP contribution in [0.3, 0.4) is 0 Å². The first kappa shape index (κ1) is 10.4. The molecule has 84 valence electrons. The van der Waals surface area contributed by atoms with E-state index in [1.165, 1.54) is 12.8 Å². The van der Waals surface area contributed by atoms with E-state index in [-0.39, 0.29) is 5.41 Å². The highest BCUT2D eigenvalue weighted by Gasteiger charge is 2.38. The molecule has 0 bridgehead atoms. The summed E-state index contributed by atoms with van der Waals surface area (Å²) in [4.78, 5) is 0. The van der Waals surface area contributed by atoms with E-state index < -0.39 is 0 Å². The fourth-order valence-corrected chi connectivity index (χ4v) is 2.58. The highest BCUT2D eigenvalue weighted by molar-refractivity contribution is 5.27. The summed E-state index contributed by atoms with van der Waals surface area (Å²) in [5.74, 6) is 1.84. The Morgan fingerprint density at radius 1 is 1.40 bits per heavy atom. The summed E-state index contributed by atoms with van der Waals surface area (Å²) in [5, 5.41) is 11.4.